The molecule has 134 valence electrons. The van der Waals surface area contributed by atoms with Crippen LogP contribution >= 0.6 is 0 Å². The molecule has 2 heterocycles. The van der Waals surface area contributed by atoms with E-state index in [9.17, 15) is 5.11 Å². The van der Waals surface area contributed by atoms with Gasteiger partial charge in [0, 0.05) is 25.8 Å². The fraction of sp³-hybridized carbons (Fsp3) is 0.286. The standard InChI is InChI=1S/C21H23N3O2/c25-21(15-24-11-13-26-14-12-24)19-7-3-17(4-8-19)16-1-5-18(6-2-16)20-9-10-22-23-20/h1-10,21,25H,11-15H2,(H,22,23)/t21-/m0/s1. The van der Waals surface area contributed by atoms with Gasteiger partial charge in [0.2, 0.25) is 0 Å². The third-order valence-corrected chi connectivity index (χ3v) is 4.86. The number of rotatable bonds is 5. The Kier molecular flexibility index (Phi) is 5.11. The highest BCUT2D eigenvalue weighted by Crippen LogP contribution is 2.25. The predicted octanol–water partition coefficient (Wildman–Crippen LogP) is 3.11. The predicted molar refractivity (Wildman–Crippen MR) is 102 cm³/mol. The van der Waals surface area contributed by atoms with Crippen molar-refractivity contribution in [2.24, 2.45) is 0 Å². The molecule has 1 atom stereocenters. The molecule has 1 aromatic heterocycles. The molecule has 0 saturated carbocycles. The average Bonchev–Trinajstić information content (AvgIpc) is 3.24. The normalized spacial score (nSPS) is 16.5. The zero-order chi connectivity index (χ0) is 17.8. The Bertz CT molecular complexity index is 807. The maximum atomic E-state index is 10.5. The maximum Gasteiger partial charge on any atom is 0.0916 e. The van der Waals surface area contributed by atoms with Crippen molar-refractivity contribution < 1.29 is 9.84 Å². The number of ether oxygens (including phenoxy) is 1. The van der Waals surface area contributed by atoms with E-state index in [1.54, 1.807) is 6.20 Å². The summed E-state index contributed by atoms with van der Waals surface area (Å²) in [6.45, 7) is 3.93. The molecular formula is C21H23N3O2. The Hall–Kier alpha value is -2.47. The topological polar surface area (TPSA) is 61.4 Å². The second-order valence-electron chi connectivity index (χ2n) is 6.60. The Morgan fingerprint density at radius 3 is 2.15 bits per heavy atom. The van der Waals surface area contributed by atoms with Crippen molar-refractivity contribution in [3.8, 4) is 22.4 Å². The first-order valence-electron chi connectivity index (χ1n) is 8.98. The van der Waals surface area contributed by atoms with Crippen LogP contribution in [-0.2, 0) is 4.74 Å². The van der Waals surface area contributed by atoms with Gasteiger partial charge >= 0.3 is 0 Å². The van der Waals surface area contributed by atoms with E-state index in [0.717, 1.165) is 54.3 Å². The summed E-state index contributed by atoms with van der Waals surface area (Å²) in [4.78, 5) is 2.25. The van der Waals surface area contributed by atoms with Gasteiger partial charge in [-0.2, -0.15) is 5.10 Å². The molecule has 1 fully saturated rings. The van der Waals surface area contributed by atoms with Gasteiger partial charge in [-0.25, -0.2) is 0 Å². The van der Waals surface area contributed by atoms with Crippen LogP contribution in [-0.4, -0.2) is 53.1 Å². The average molecular weight is 349 g/mol. The highest BCUT2D eigenvalue weighted by atomic mass is 16.5. The van der Waals surface area contributed by atoms with E-state index in [-0.39, 0.29) is 0 Å². The smallest absolute Gasteiger partial charge is 0.0916 e. The molecule has 26 heavy (non-hydrogen) atoms. The molecule has 1 aliphatic heterocycles. The van der Waals surface area contributed by atoms with Crippen molar-refractivity contribution in [3.63, 3.8) is 0 Å². The van der Waals surface area contributed by atoms with E-state index < -0.39 is 6.10 Å². The maximum absolute atomic E-state index is 10.5. The van der Waals surface area contributed by atoms with Crippen LogP contribution in [0.3, 0.4) is 0 Å². The van der Waals surface area contributed by atoms with Crippen molar-refractivity contribution in [1.82, 2.24) is 15.1 Å². The van der Waals surface area contributed by atoms with Gasteiger partial charge in [0.05, 0.1) is 25.0 Å². The Morgan fingerprint density at radius 1 is 0.923 bits per heavy atom. The molecule has 0 unspecified atom stereocenters. The van der Waals surface area contributed by atoms with Crippen molar-refractivity contribution in [2.75, 3.05) is 32.8 Å². The highest BCUT2D eigenvalue weighted by molar-refractivity contribution is 5.68. The second-order valence-corrected chi connectivity index (χ2v) is 6.60. The largest absolute Gasteiger partial charge is 0.387 e. The van der Waals surface area contributed by atoms with Gasteiger partial charge in [0.25, 0.3) is 0 Å². The molecule has 1 saturated heterocycles. The number of aliphatic hydroxyl groups is 1. The summed E-state index contributed by atoms with van der Waals surface area (Å²) < 4.78 is 5.35. The fourth-order valence-corrected chi connectivity index (χ4v) is 3.29. The lowest BCUT2D eigenvalue weighted by molar-refractivity contribution is 0.0143. The minimum Gasteiger partial charge on any atom is -0.387 e. The van der Waals surface area contributed by atoms with Gasteiger partial charge in [-0.15, -0.1) is 0 Å². The summed E-state index contributed by atoms with van der Waals surface area (Å²) >= 11 is 0. The Morgan fingerprint density at radius 2 is 1.54 bits per heavy atom. The van der Waals surface area contributed by atoms with Crippen LogP contribution in [0.15, 0.2) is 60.8 Å². The van der Waals surface area contributed by atoms with Crippen LogP contribution in [0.1, 0.15) is 11.7 Å². The van der Waals surface area contributed by atoms with E-state index in [4.69, 9.17) is 4.74 Å². The number of hydrogen-bond donors (Lipinski definition) is 2. The molecule has 4 rings (SSSR count). The lowest BCUT2D eigenvalue weighted by Gasteiger charge is -2.28. The molecule has 0 spiro atoms. The summed E-state index contributed by atoms with van der Waals surface area (Å²) in [6, 6.07) is 18.5. The van der Waals surface area contributed by atoms with Crippen molar-refractivity contribution in [1.29, 1.82) is 0 Å². The Labute approximate surface area is 153 Å². The zero-order valence-corrected chi connectivity index (χ0v) is 14.6. The number of aromatic nitrogens is 2. The third kappa shape index (κ3) is 3.85. The lowest BCUT2D eigenvalue weighted by Crippen LogP contribution is -2.38. The number of aromatic amines is 1. The summed E-state index contributed by atoms with van der Waals surface area (Å²) in [5.74, 6) is 0. The van der Waals surface area contributed by atoms with Gasteiger partial charge in [0.15, 0.2) is 0 Å². The van der Waals surface area contributed by atoms with Gasteiger partial charge in [-0.05, 0) is 28.3 Å². The molecule has 2 N–H and O–H groups in total. The molecule has 5 heteroatoms. The molecule has 5 nitrogen and oxygen atoms in total. The van der Waals surface area contributed by atoms with Crippen LogP contribution in [0.4, 0.5) is 0 Å². The first kappa shape index (κ1) is 17.0. The van der Waals surface area contributed by atoms with Crippen molar-refractivity contribution in [3.05, 3.63) is 66.4 Å². The van der Waals surface area contributed by atoms with Crippen LogP contribution in [0.25, 0.3) is 22.4 Å². The summed E-state index contributed by atoms with van der Waals surface area (Å²) in [7, 11) is 0. The molecule has 0 radical (unpaired) electrons. The van der Waals surface area contributed by atoms with E-state index in [1.165, 1.54) is 0 Å². The zero-order valence-electron chi connectivity index (χ0n) is 14.6. The van der Waals surface area contributed by atoms with Gasteiger partial charge in [-0.3, -0.25) is 10.00 Å². The van der Waals surface area contributed by atoms with Gasteiger partial charge in [0.1, 0.15) is 0 Å². The number of nitrogens with zero attached hydrogens (tertiary/aromatic N) is 2. The van der Waals surface area contributed by atoms with E-state index >= 15 is 0 Å². The lowest BCUT2D eigenvalue weighted by atomic mass is 10.00. The van der Waals surface area contributed by atoms with Crippen LogP contribution in [0.2, 0.25) is 0 Å². The Balaban J connectivity index is 1.43. The van der Waals surface area contributed by atoms with Crippen molar-refractivity contribution >= 4 is 0 Å². The van der Waals surface area contributed by atoms with E-state index in [0.29, 0.717) is 6.54 Å². The van der Waals surface area contributed by atoms with E-state index in [1.807, 2.05) is 18.2 Å². The molecule has 3 aromatic rings. The van der Waals surface area contributed by atoms with Crippen LogP contribution < -0.4 is 0 Å². The van der Waals surface area contributed by atoms with Crippen molar-refractivity contribution in [2.45, 2.75) is 6.10 Å². The quantitative estimate of drug-likeness (QED) is 0.743. The number of H-pyrrole nitrogens is 1. The number of β-amino-alcohol motifs (C(OH)–C–C–N with tert-alkyl or cyclic N) is 1. The number of aliphatic hydroxyl groups excluding tert-OH is 1. The number of nitrogens with one attached hydrogen (secondary N) is 1. The first-order chi connectivity index (χ1) is 12.8. The SMILES string of the molecule is O[C@@H](CN1CCOCC1)c1ccc(-c2ccc(-c3ccn[nH]3)cc2)cc1. The number of morpholine rings is 1. The summed E-state index contributed by atoms with van der Waals surface area (Å²) in [6.07, 6.45) is 1.29. The molecule has 0 aliphatic carbocycles. The minimum absolute atomic E-state index is 0.468. The molecule has 2 aromatic carbocycles. The first-order valence-corrected chi connectivity index (χ1v) is 8.98. The minimum atomic E-state index is -0.468. The van der Waals surface area contributed by atoms with Gasteiger partial charge < -0.3 is 9.84 Å². The number of benzene rings is 2. The third-order valence-electron chi connectivity index (χ3n) is 4.86. The molecule has 0 amide bonds. The molecule has 0 bridgehead atoms. The summed E-state index contributed by atoms with van der Waals surface area (Å²) in [5, 5.41) is 17.4. The van der Waals surface area contributed by atoms with E-state index in [2.05, 4.69) is 51.5 Å². The number of hydrogen-bond acceptors (Lipinski definition) is 4. The fourth-order valence-electron chi connectivity index (χ4n) is 3.29. The second kappa shape index (κ2) is 7.83. The highest BCUT2D eigenvalue weighted by Gasteiger charge is 2.16. The molecule has 1 aliphatic rings. The van der Waals surface area contributed by atoms with Gasteiger partial charge in [-0.1, -0.05) is 48.5 Å². The molecular weight excluding hydrogens is 326 g/mol. The monoisotopic (exact) mass is 349 g/mol. The summed E-state index contributed by atoms with van der Waals surface area (Å²) in [5.41, 5.74) is 5.38. The van der Waals surface area contributed by atoms with Crippen LogP contribution in [0.5, 0.6) is 0 Å². The van der Waals surface area contributed by atoms with Crippen LogP contribution in [0, 0.1) is 0 Å².